The van der Waals surface area contributed by atoms with Crippen LogP contribution in [0.3, 0.4) is 0 Å². The summed E-state index contributed by atoms with van der Waals surface area (Å²) in [7, 11) is 0. The van der Waals surface area contributed by atoms with Crippen molar-refractivity contribution >= 4 is 44.1 Å². The first-order valence-electron chi connectivity index (χ1n) is 9.18. The molecule has 0 fully saturated rings. The first kappa shape index (κ1) is 15.2. The molecule has 0 saturated carbocycles. The van der Waals surface area contributed by atoms with Gasteiger partial charge >= 0.3 is 0 Å². The molecule has 2 heterocycles. The van der Waals surface area contributed by atoms with Crippen LogP contribution < -0.4 is 0 Å². The van der Waals surface area contributed by atoms with E-state index in [9.17, 15) is 0 Å². The van der Waals surface area contributed by atoms with E-state index in [0.29, 0.717) is 0 Å². The minimum absolute atomic E-state index is 0.877. The molecule has 6 aromatic rings. The van der Waals surface area contributed by atoms with Gasteiger partial charge in [-0.15, -0.1) is 0 Å². The highest BCUT2D eigenvalue weighted by Crippen LogP contribution is 2.32. The van der Waals surface area contributed by atoms with Crippen molar-refractivity contribution < 1.29 is 0 Å². The summed E-state index contributed by atoms with van der Waals surface area (Å²) in [5.74, 6) is 0. The smallest absolute Gasteiger partial charge is 0.0973 e. The van der Waals surface area contributed by atoms with E-state index in [-0.39, 0.29) is 0 Å². The van der Waals surface area contributed by atoms with Crippen LogP contribution in [0.25, 0.3) is 55.3 Å². The number of benzene rings is 4. The maximum absolute atomic E-state index is 4.91. The SMILES string of the molecule is c1ccc2nc3c(-c4cccc5nc6ccccc6nc45)cccc3nc2c1. The molecule has 0 aliphatic heterocycles. The molecule has 0 aliphatic carbocycles. The Kier molecular flexibility index (Phi) is 3.14. The average molecular weight is 358 g/mol. The van der Waals surface area contributed by atoms with E-state index < -0.39 is 0 Å². The maximum atomic E-state index is 4.91. The molecule has 0 atom stereocenters. The Hall–Kier alpha value is -3.92. The molecule has 0 unspecified atom stereocenters. The van der Waals surface area contributed by atoms with E-state index in [4.69, 9.17) is 19.9 Å². The van der Waals surface area contributed by atoms with Crippen LogP contribution in [-0.4, -0.2) is 19.9 Å². The van der Waals surface area contributed by atoms with Crippen molar-refractivity contribution in [2.24, 2.45) is 0 Å². The van der Waals surface area contributed by atoms with Gasteiger partial charge in [-0.2, -0.15) is 0 Å². The van der Waals surface area contributed by atoms with Gasteiger partial charge in [0.05, 0.1) is 44.1 Å². The lowest BCUT2D eigenvalue weighted by Crippen LogP contribution is -1.93. The molecule has 4 aromatic carbocycles. The molecule has 0 saturated heterocycles. The van der Waals surface area contributed by atoms with Crippen molar-refractivity contribution in [3.63, 3.8) is 0 Å². The van der Waals surface area contributed by atoms with Crippen molar-refractivity contribution in [1.29, 1.82) is 0 Å². The first-order chi connectivity index (χ1) is 13.9. The quantitative estimate of drug-likeness (QED) is 0.362. The van der Waals surface area contributed by atoms with E-state index in [2.05, 4.69) is 12.1 Å². The Bertz CT molecular complexity index is 1400. The van der Waals surface area contributed by atoms with Crippen LogP contribution in [-0.2, 0) is 0 Å². The van der Waals surface area contributed by atoms with Gasteiger partial charge in [0, 0.05) is 11.1 Å². The number of fused-ring (bicyclic) bond motifs is 4. The topological polar surface area (TPSA) is 51.6 Å². The standard InChI is InChI=1S/C24H14N4/c1-3-11-19-17(9-1)25-21-13-5-7-15(23(21)27-19)16-8-6-14-22-24(16)28-20-12-4-2-10-18(20)26-22/h1-14H. The van der Waals surface area contributed by atoms with Crippen molar-refractivity contribution in [1.82, 2.24) is 19.9 Å². The Morgan fingerprint density at radius 1 is 0.321 bits per heavy atom. The van der Waals surface area contributed by atoms with Crippen molar-refractivity contribution in [2.45, 2.75) is 0 Å². The third-order valence-electron chi connectivity index (χ3n) is 5.03. The molecule has 2 aromatic heterocycles. The zero-order chi connectivity index (χ0) is 18.5. The monoisotopic (exact) mass is 358 g/mol. The fourth-order valence-corrected chi connectivity index (χ4v) is 3.72. The van der Waals surface area contributed by atoms with Crippen LogP contribution in [0.5, 0.6) is 0 Å². The van der Waals surface area contributed by atoms with Crippen molar-refractivity contribution in [3.05, 3.63) is 84.9 Å². The first-order valence-corrected chi connectivity index (χ1v) is 9.18. The van der Waals surface area contributed by atoms with Crippen molar-refractivity contribution in [3.8, 4) is 11.1 Å². The summed E-state index contributed by atoms with van der Waals surface area (Å²) in [5.41, 5.74) is 9.12. The lowest BCUT2D eigenvalue weighted by Gasteiger charge is -2.10. The van der Waals surface area contributed by atoms with Gasteiger partial charge < -0.3 is 0 Å². The average Bonchev–Trinajstić information content (AvgIpc) is 2.75. The largest absolute Gasteiger partial charge is 0.244 e. The van der Waals surface area contributed by atoms with E-state index in [1.807, 2.05) is 72.8 Å². The summed E-state index contributed by atoms with van der Waals surface area (Å²) in [5, 5.41) is 0. The van der Waals surface area contributed by atoms with Crippen LogP contribution in [0.1, 0.15) is 0 Å². The highest BCUT2D eigenvalue weighted by atomic mass is 14.8. The summed E-state index contributed by atoms with van der Waals surface area (Å²) in [6, 6.07) is 28.1. The number of aromatic nitrogens is 4. The van der Waals surface area contributed by atoms with Gasteiger partial charge in [0.1, 0.15) is 0 Å². The second-order valence-corrected chi connectivity index (χ2v) is 6.77. The molecule has 4 nitrogen and oxygen atoms in total. The van der Waals surface area contributed by atoms with Gasteiger partial charge in [-0.05, 0) is 36.4 Å². The zero-order valence-corrected chi connectivity index (χ0v) is 14.9. The highest BCUT2D eigenvalue weighted by Gasteiger charge is 2.13. The third-order valence-corrected chi connectivity index (χ3v) is 5.03. The van der Waals surface area contributed by atoms with Crippen LogP contribution in [0.15, 0.2) is 84.9 Å². The molecule has 6 rings (SSSR count). The fraction of sp³-hybridized carbons (Fsp3) is 0. The highest BCUT2D eigenvalue weighted by molar-refractivity contribution is 6.03. The lowest BCUT2D eigenvalue weighted by atomic mass is 10.0. The molecule has 0 spiro atoms. The summed E-state index contributed by atoms with van der Waals surface area (Å²) >= 11 is 0. The number of hydrogen-bond donors (Lipinski definition) is 0. The zero-order valence-electron chi connectivity index (χ0n) is 14.9. The minimum Gasteiger partial charge on any atom is -0.244 e. The fourth-order valence-electron chi connectivity index (χ4n) is 3.72. The Balaban J connectivity index is 1.72. The predicted molar refractivity (Wildman–Crippen MR) is 113 cm³/mol. The summed E-state index contributed by atoms with van der Waals surface area (Å²) in [4.78, 5) is 19.4. The van der Waals surface area contributed by atoms with Crippen LogP contribution in [0, 0.1) is 0 Å². The Morgan fingerprint density at radius 3 is 1.11 bits per heavy atom. The van der Waals surface area contributed by atoms with E-state index in [1.54, 1.807) is 0 Å². The van der Waals surface area contributed by atoms with E-state index >= 15 is 0 Å². The Morgan fingerprint density at radius 2 is 0.679 bits per heavy atom. The molecular formula is C24H14N4. The number of para-hydroxylation sites is 6. The molecule has 0 bridgehead atoms. The summed E-state index contributed by atoms with van der Waals surface area (Å²) < 4.78 is 0. The van der Waals surface area contributed by atoms with Gasteiger partial charge in [0.2, 0.25) is 0 Å². The van der Waals surface area contributed by atoms with Crippen LogP contribution in [0.2, 0.25) is 0 Å². The molecule has 0 amide bonds. The number of rotatable bonds is 1. The second-order valence-electron chi connectivity index (χ2n) is 6.77. The minimum atomic E-state index is 0.877. The molecular weight excluding hydrogens is 344 g/mol. The predicted octanol–water partition coefficient (Wildman–Crippen LogP) is 5.55. The van der Waals surface area contributed by atoms with Crippen LogP contribution in [0.4, 0.5) is 0 Å². The molecule has 28 heavy (non-hydrogen) atoms. The van der Waals surface area contributed by atoms with Gasteiger partial charge in [-0.1, -0.05) is 48.5 Å². The van der Waals surface area contributed by atoms with Gasteiger partial charge in [-0.3, -0.25) is 0 Å². The third kappa shape index (κ3) is 2.25. The van der Waals surface area contributed by atoms with E-state index in [0.717, 1.165) is 55.3 Å². The normalized spacial score (nSPS) is 11.6. The number of hydrogen-bond acceptors (Lipinski definition) is 4. The summed E-state index contributed by atoms with van der Waals surface area (Å²) in [6.07, 6.45) is 0. The molecule has 130 valence electrons. The van der Waals surface area contributed by atoms with Crippen molar-refractivity contribution in [2.75, 3.05) is 0 Å². The van der Waals surface area contributed by atoms with Gasteiger partial charge in [-0.25, -0.2) is 19.9 Å². The summed E-state index contributed by atoms with van der Waals surface area (Å²) in [6.45, 7) is 0. The Labute approximate surface area is 160 Å². The van der Waals surface area contributed by atoms with Crippen LogP contribution >= 0.6 is 0 Å². The molecule has 4 heteroatoms. The number of nitrogens with zero attached hydrogens (tertiary/aromatic N) is 4. The second kappa shape index (κ2) is 5.79. The molecule has 0 radical (unpaired) electrons. The maximum Gasteiger partial charge on any atom is 0.0973 e. The van der Waals surface area contributed by atoms with Gasteiger partial charge in [0.25, 0.3) is 0 Å². The van der Waals surface area contributed by atoms with E-state index in [1.165, 1.54) is 0 Å². The molecule has 0 aliphatic rings. The lowest BCUT2D eigenvalue weighted by molar-refractivity contribution is 1.38. The van der Waals surface area contributed by atoms with Gasteiger partial charge in [0.15, 0.2) is 0 Å². The molecule has 0 N–H and O–H groups in total.